The van der Waals surface area contributed by atoms with E-state index in [4.69, 9.17) is 0 Å². The van der Waals surface area contributed by atoms with Crippen LogP contribution < -0.4 is 0 Å². The molecule has 0 aromatic heterocycles. The summed E-state index contributed by atoms with van der Waals surface area (Å²) >= 11 is 0. The van der Waals surface area contributed by atoms with Crippen molar-refractivity contribution in [3.63, 3.8) is 0 Å². The summed E-state index contributed by atoms with van der Waals surface area (Å²) in [5, 5.41) is 0. The van der Waals surface area contributed by atoms with E-state index in [2.05, 4.69) is 32.6 Å². The summed E-state index contributed by atoms with van der Waals surface area (Å²) in [4.78, 5) is 0. The van der Waals surface area contributed by atoms with E-state index in [1.165, 1.54) is 30.4 Å². The van der Waals surface area contributed by atoms with Gasteiger partial charge in [-0.05, 0) is 31.8 Å². The van der Waals surface area contributed by atoms with Crippen molar-refractivity contribution in [2.24, 2.45) is 0 Å². The van der Waals surface area contributed by atoms with Gasteiger partial charge in [-0.2, -0.15) is 0 Å². The van der Waals surface area contributed by atoms with Crippen molar-refractivity contribution in [1.29, 1.82) is 0 Å². The minimum atomic E-state index is 1.19. The summed E-state index contributed by atoms with van der Waals surface area (Å²) in [7, 11) is 0. The fourth-order valence-corrected chi connectivity index (χ4v) is 1.34. The summed E-state index contributed by atoms with van der Waals surface area (Å²) in [5.74, 6) is 0. The minimum absolute atomic E-state index is 1.19. The lowest BCUT2D eigenvalue weighted by atomic mass is 9.95. The van der Waals surface area contributed by atoms with Gasteiger partial charge in [0, 0.05) is 0 Å². The first-order valence-electron chi connectivity index (χ1n) is 4.29. The van der Waals surface area contributed by atoms with Crippen LogP contribution in [0.4, 0.5) is 0 Å². The number of rotatable bonds is 2. The van der Waals surface area contributed by atoms with Crippen molar-refractivity contribution in [2.75, 3.05) is 0 Å². The average molecular weight is 148 g/mol. The predicted octanol–water partition coefficient (Wildman–Crippen LogP) is 3.62. The van der Waals surface area contributed by atoms with Gasteiger partial charge in [-0.15, -0.1) is 0 Å². The van der Waals surface area contributed by atoms with Gasteiger partial charge in [0.1, 0.15) is 0 Å². The van der Waals surface area contributed by atoms with Gasteiger partial charge in [0.05, 0.1) is 0 Å². The van der Waals surface area contributed by atoms with Crippen LogP contribution in [0, 0.1) is 0 Å². The molecule has 0 N–H and O–H groups in total. The van der Waals surface area contributed by atoms with Crippen LogP contribution in [-0.2, 0) is 0 Å². The van der Waals surface area contributed by atoms with Crippen LogP contribution in [0.3, 0.4) is 0 Å². The maximum atomic E-state index is 3.93. The van der Waals surface area contributed by atoms with Crippen LogP contribution >= 0.6 is 0 Å². The average Bonchev–Trinajstić information content (AvgIpc) is 2.05. The third kappa shape index (κ3) is 2.07. The topological polar surface area (TPSA) is 0 Å². The molecule has 0 spiro atoms. The molecule has 0 radical (unpaired) electrons. The molecule has 0 bridgehead atoms. The SMILES string of the molecule is C=C(C)C1=CCCC(CC)=C1. The third-order valence-corrected chi connectivity index (χ3v) is 2.14. The quantitative estimate of drug-likeness (QED) is 0.561. The highest BCUT2D eigenvalue weighted by Crippen LogP contribution is 2.22. The Morgan fingerprint density at radius 2 is 2.36 bits per heavy atom. The highest BCUT2D eigenvalue weighted by Gasteiger charge is 2.03. The van der Waals surface area contributed by atoms with Gasteiger partial charge in [-0.3, -0.25) is 0 Å². The smallest absolute Gasteiger partial charge is 0.0274 e. The Morgan fingerprint density at radius 3 is 2.91 bits per heavy atom. The number of allylic oxidation sites excluding steroid dienone is 5. The molecule has 0 saturated heterocycles. The van der Waals surface area contributed by atoms with E-state index < -0.39 is 0 Å². The summed E-state index contributed by atoms with van der Waals surface area (Å²) in [6.45, 7) is 8.22. The lowest BCUT2D eigenvalue weighted by molar-refractivity contribution is 0.885. The molecule has 0 amide bonds. The van der Waals surface area contributed by atoms with Crippen molar-refractivity contribution in [2.45, 2.75) is 33.1 Å². The molecule has 0 nitrogen and oxygen atoms in total. The molecule has 1 aliphatic rings. The zero-order valence-corrected chi connectivity index (χ0v) is 7.48. The largest absolute Gasteiger partial charge is 0.0955 e. The van der Waals surface area contributed by atoms with Crippen molar-refractivity contribution in [3.8, 4) is 0 Å². The first kappa shape index (κ1) is 8.32. The van der Waals surface area contributed by atoms with Crippen molar-refractivity contribution in [1.82, 2.24) is 0 Å². The van der Waals surface area contributed by atoms with E-state index in [0.717, 1.165) is 0 Å². The molecule has 0 heterocycles. The van der Waals surface area contributed by atoms with Gasteiger partial charge >= 0.3 is 0 Å². The van der Waals surface area contributed by atoms with Crippen LogP contribution in [0.1, 0.15) is 33.1 Å². The van der Waals surface area contributed by atoms with Crippen LogP contribution in [-0.4, -0.2) is 0 Å². The molecule has 0 atom stereocenters. The van der Waals surface area contributed by atoms with Crippen molar-refractivity contribution in [3.05, 3.63) is 35.5 Å². The van der Waals surface area contributed by atoms with Gasteiger partial charge in [0.2, 0.25) is 0 Å². The fraction of sp³-hybridized carbons (Fsp3) is 0.455. The minimum Gasteiger partial charge on any atom is -0.0955 e. The maximum Gasteiger partial charge on any atom is -0.0274 e. The highest BCUT2D eigenvalue weighted by atomic mass is 14.1. The summed E-state index contributed by atoms with van der Waals surface area (Å²) in [6.07, 6.45) is 8.19. The molecular weight excluding hydrogens is 132 g/mol. The fourth-order valence-electron chi connectivity index (χ4n) is 1.34. The van der Waals surface area contributed by atoms with E-state index >= 15 is 0 Å². The molecule has 1 aliphatic carbocycles. The Balaban J connectivity index is 2.76. The van der Waals surface area contributed by atoms with Crippen LogP contribution in [0.5, 0.6) is 0 Å². The predicted molar refractivity (Wildman–Crippen MR) is 50.5 cm³/mol. The Labute approximate surface area is 69.3 Å². The molecule has 1 rings (SSSR count). The van der Waals surface area contributed by atoms with E-state index in [1.807, 2.05) is 0 Å². The van der Waals surface area contributed by atoms with Gasteiger partial charge in [0.25, 0.3) is 0 Å². The zero-order valence-electron chi connectivity index (χ0n) is 7.48. The van der Waals surface area contributed by atoms with Gasteiger partial charge < -0.3 is 0 Å². The standard InChI is InChI=1S/C11H16/c1-4-10-6-5-7-11(8-10)9(2)3/h7-8H,2,4-6H2,1,3H3. The first-order chi connectivity index (χ1) is 5.24. The molecule has 0 unspecified atom stereocenters. The molecule has 0 heteroatoms. The van der Waals surface area contributed by atoms with Crippen LogP contribution in [0.25, 0.3) is 0 Å². The monoisotopic (exact) mass is 148 g/mol. The second kappa shape index (κ2) is 3.56. The number of hydrogen-bond acceptors (Lipinski definition) is 0. The van der Waals surface area contributed by atoms with Crippen LogP contribution in [0.2, 0.25) is 0 Å². The first-order valence-corrected chi connectivity index (χ1v) is 4.29. The molecule has 0 aromatic carbocycles. The zero-order chi connectivity index (χ0) is 8.27. The maximum absolute atomic E-state index is 3.93. The molecule has 0 aromatic rings. The van der Waals surface area contributed by atoms with Crippen molar-refractivity contribution < 1.29 is 0 Å². The molecule has 11 heavy (non-hydrogen) atoms. The van der Waals surface area contributed by atoms with E-state index in [1.54, 1.807) is 5.57 Å². The lowest BCUT2D eigenvalue weighted by Gasteiger charge is -2.11. The Hall–Kier alpha value is -0.780. The molecule has 60 valence electrons. The highest BCUT2D eigenvalue weighted by molar-refractivity contribution is 5.40. The second-order valence-electron chi connectivity index (χ2n) is 3.13. The van der Waals surface area contributed by atoms with Crippen LogP contribution in [0.15, 0.2) is 35.5 Å². The molecule has 0 fully saturated rings. The number of hydrogen-bond donors (Lipinski definition) is 0. The van der Waals surface area contributed by atoms with Crippen molar-refractivity contribution >= 4 is 0 Å². The summed E-state index contributed by atoms with van der Waals surface area (Å²) in [5.41, 5.74) is 4.09. The summed E-state index contributed by atoms with van der Waals surface area (Å²) < 4.78 is 0. The normalized spacial score (nSPS) is 17.3. The van der Waals surface area contributed by atoms with E-state index in [0.29, 0.717) is 0 Å². The van der Waals surface area contributed by atoms with Gasteiger partial charge in [0.15, 0.2) is 0 Å². The molecule has 0 aliphatic heterocycles. The Morgan fingerprint density at radius 1 is 1.64 bits per heavy atom. The Kier molecular flexibility index (Phi) is 2.70. The molecular formula is C11H16. The third-order valence-electron chi connectivity index (χ3n) is 2.14. The summed E-state index contributed by atoms with van der Waals surface area (Å²) in [6, 6.07) is 0. The molecule has 0 saturated carbocycles. The second-order valence-corrected chi connectivity index (χ2v) is 3.13. The van der Waals surface area contributed by atoms with E-state index in [-0.39, 0.29) is 0 Å². The van der Waals surface area contributed by atoms with E-state index in [9.17, 15) is 0 Å². The lowest BCUT2D eigenvalue weighted by Crippen LogP contribution is -1.91. The Bertz CT molecular complexity index is 216. The van der Waals surface area contributed by atoms with Gasteiger partial charge in [-0.1, -0.05) is 36.8 Å². The van der Waals surface area contributed by atoms with Gasteiger partial charge in [-0.25, -0.2) is 0 Å².